The van der Waals surface area contributed by atoms with Crippen molar-refractivity contribution >= 4 is 0 Å². The second-order valence-electron chi connectivity index (χ2n) is 4.36. The number of benzene rings is 1. The van der Waals surface area contributed by atoms with Crippen molar-refractivity contribution in [2.24, 2.45) is 7.05 Å². The third-order valence-corrected chi connectivity index (χ3v) is 2.81. The van der Waals surface area contributed by atoms with Crippen LogP contribution in [0.4, 0.5) is 0 Å². The van der Waals surface area contributed by atoms with Gasteiger partial charge in [0.05, 0.1) is 18.9 Å². The number of hydrogen-bond acceptors (Lipinski definition) is 4. The summed E-state index contributed by atoms with van der Waals surface area (Å²) >= 11 is 0. The summed E-state index contributed by atoms with van der Waals surface area (Å²) in [5.74, 6) is 1.24. The maximum Gasteiger partial charge on any atom is 0.161 e. The first-order chi connectivity index (χ1) is 9.10. The molecule has 0 unspecified atom stereocenters. The van der Waals surface area contributed by atoms with Gasteiger partial charge in [0.15, 0.2) is 11.5 Å². The summed E-state index contributed by atoms with van der Waals surface area (Å²) in [6.45, 7) is 2.09. The Kier molecular flexibility index (Phi) is 4.06. The van der Waals surface area contributed by atoms with E-state index in [0.717, 1.165) is 11.3 Å². The van der Waals surface area contributed by atoms with E-state index in [1.165, 1.54) is 0 Å². The highest BCUT2D eigenvalue weighted by atomic mass is 16.5. The van der Waals surface area contributed by atoms with Crippen molar-refractivity contribution in [3.8, 4) is 11.5 Å². The van der Waals surface area contributed by atoms with E-state index in [1.54, 1.807) is 30.8 Å². The summed E-state index contributed by atoms with van der Waals surface area (Å²) in [5.41, 5.74) is 1.64. The highest BCUT2D eigenvalue weighted by Gasteiger charge is 2.09. The topological polar surface area (TPSA) is 56.5 Å². The molecule has 0 radical (unpaired) electrons. The van der Waals surface area contributed by atoms with Crippen molar-refractivity contribution in [3.63, 3.8) is 0 Å². The van der Waals surface area contributed by atoms with Crippen LogP contribution in [0.5, 0.6) is 11.5 Å². The third-order valence-electron chi connectivity index (χ3n) is 2.81. The summed E-state index contributed by atoms with van der Waals surface area (Å²) in [6.07, 6.45) is 1.34. The zero-order valence-corrected chi connectivity index (χ0v) is 11.3. The van der Waals surface area contributed by atoms with E-state index in [2.05, 4.69) is 5.10 Å². The molecule has 1 atom stereocenters. The number of aryl methyl sites for hydroxylation is 1. The molecule has 0 aliphatic carbocycles. The molecule has 2 rings (SSSR count). The van der Waals surface area contributed by atoms with Gasteiger partial charge in [-0.2, -0.15) is 5.10 Å². The lowest BCUT2D eigenvalue weighted by Gasteiger charge is -2.12. The van der Waals surface area contributed by atoms with Crippen LogP contribution in [-0.2, 0) is 13.7 Å². The van der Waals surface area contributed by atoms with Gasteiger partial charge in [-0.05, 0) is 30.7 Å². The summed E-state index contributed by atoms with van der Waals surface area (Å²) in [5, 5.41) is 13.8. The molecule has 102 valence electrons. The van der Waals surface area contributed by atoms with Crippen molar-refractivity contribution in [2.75, 3.05) is 7.11 Å². The summed E-state index contributed by atoms with van der Waals surface area (Å²) in [7, 11) is 3.44. The van der Waals surface area contributed by atoms with Crippen molar-refractivity contribution in [1.82, 2.24) is 9.78 Å². The second kappa shape index (κ2) is 5.75. The third kappa shape index (κ3) is 3.26. The van der Waals surface area contributed by atoms with Crippen LogP contribution in [0.3, 0.4) is 0 Å². The molecule has 0 aliphatic heterocycles. The zero-order valence-electron chi connectivity index (χ0n) is 11.3. The molecule has 1 heterocycles. The van der Waals surface area contributed by atoms with E-state index < -0.39 is 6.10 Å². The van der Waals surface area contributed by atoms with Gasteiger partial charge in [0, 0.05) is 13.2 Å². The van der Waals surface area contributed by atoms with Crippen molar-refractivity contribution in [2.45, 2.75) is 19.6 Å². The quantitative estimate of drug-likeness (QED) is 0.896. The molecule has 19 heavy (non-hydrogen) atoms. The lowest BCUT2D eigenvalue weighted by molar-refractivity contribution is 0.198. The smallest absolute Gasteiger partial charge is 0.161 e. The summed E-state index contributed by atoms with van der Waals surface area (Å²) < 4.78 is 12.7. The van der Waals surface area contributed by atoms with E-state index >= 15 is 0 Å². The molecule has 2 aromatic rings. The molecule has 5 heteroatoms. The van der Waals surface area contributed by atoms with Gasteiger partial charge in [0.25, 0.3) is 0 Å². The highest BCUT2D eigenvalue weighted by Crippen LogP contribution is 2.30. The number of aliphatic hydroxyl groups is 1. The predicted molar refractivity (Wildman–Crippen MR) is 71.2 cm³/mol. The summed E-state index contributed by atoms with van der Waals surface area (Å²) in [4.78, 5) is 0. The van der Waals surface area contributed by atoms with Crippen LogP contribution >= 0.6 is 0 Å². The lowest BCUT2D eigenvalue weighted by Crippen LogP contribution is -2.00. The maximum atomic E-state index is 9.54. The van der Waals surface area contributed by atoms with E-state index in [9.17, 15) is 5.11 Å². The van der Waals surface area contributed by atoms with Crippen LogP contribution in [0, 0.1) is 0 Å². The molecule has 0 saturated heterocycles. The molecule has 0 fully saturated rings. The van der Waals surface area contributed by atoms with Gasteiger partial charge in [0.2, 0.25) is 0 Å². The Balaban J connectivity index is 2.11. The normalized spacial score (nSPS) is 12.2. The first-order valence-corrected chi connectivity index (χ1v) is 6.07. The minimum Gasteiger partial charge on any atom is -0.493 e. The monoisotopic (exact) mass is 262 g/mol. The molecular weight excluding hydrogens is 244 g/mol. The minimum atomic E-state index is -0.529. The molecule has 5 nitrogen and oxygen atoms in total. The number of methoxy groups -OCH3 is 1. The first kappa shape index (κ1) is 13.4. The fourth-order valence-electron chi connectivity index (χ4n) is 1.76. The number of rotatable bonds is 5. The van der Waals surface area contributed by atoms with Gasteiger partial charge in [0.1, 0.15) is 6.61 Å². The number of nitrogens with zero attached hydrogens (tertiary/aromatic N) is 2. The largest absolute Gasteiger partial charge is 0.493 e. The molecular formula is C14H18N2O3. The van der Waals surface area contributed by atoms with Crippen LogP contribution in [0.25, 0.3) is 0 Å². The number of ether oxygens (including phenoxy) is 2. The van der Waals surface area contributed by atoms with Crippen LogP contribution in [0.1, 0.15) is 24.3 Å². The van der Waals surface area contributed by atoms with Crippen LogP contribution in [0.15, 0.2) is 30.5 Å². The van der Waals surface area contributed by atoms with Gasteiger partial charge in [-0.15, -0.1) is 0 Å². The summed E-state index contributed by atoms with van der Waals surface area (Å²) in [6, 6.07) is 7.29. The van der Waals surface area contributed by atoms with E-state index in [4.69, 9.17) is 9.47 Å². The number of aliphatic hydroxyl groups excluding tert-OH is 1. The van der Waals surface area contributed by atoms with E-state index in [1.807, 2.05) is 25.4 Å². The molecule has 0 aliphatic rings. The Morgan fingerprint density at radius 3 is 2.68 bits per heavy atom. The zero-order chi connectivity index (χ0) is 13.8. The predicted octanol–water partition coefficient (Wildman–Crippen LogP) is 2.06. The molecule has 0 amide bonds. The van der Waals surface area contributed by atoms with Gasteiger partial charge >= 0.3 is 0 Å². The van der Waals surface area contributed by atoms with Crippen molar-refractivity contribution < 1.29 is 14.6 Å². The maximum absolute atomic E-state index is 9.54. The van der Waals surface area contributed by atoms with Crippen LogP contribution < -0.4 is 9.47 Å². The van der Waals surface area contributed by atoms with E-state index in [-0.39, 0.29) is 0 Å². The molecule has 0 spiro atoms. The fourth-order valence-corrected chi connectivity index (χ4v) is 1.76. The molecule has 0 bridgehead atoms. The Labute approximate surface area is 112 Å². The van der Waals surface area contributed by atoms with Gasteiger partial charge in [-0.1, -0.05) is 6.07 Å². The standard InChI is InChI=1S/C14H18N2O3/c1-10(17)11-4-5-13(14(8-11)18-3)19-9-12-6-7-16(2)15-12/h4-8,10,17H,9H2,1-3H3/t10-/m1/s1. The van der Waals surface area contributed by atoms with Gasteiger partial charge in [-0.25, -0.2) is 0 Å². The fraction of sp³-hybridized carbons (Fsp3) is 0.357. The average Bonchev–Trinajstić information content (AvgIpc) is 2.81. The second-order valence-corrected chi connectivity index (χ2v) is 4.36. The Morgan fingerprint density at radius 1 is 1.32 bits per heavy atom. The van der Waals surface area contributed by atoms with Crippen molar-refractivity contribution in [3.05, 3.63) is 41.7 Å². The highest BCUT2D eigenvalue weighted by molar-refractivity contribution is 5.43. The Bertz CT molecular complexity index is 549. The van der Waals surface area contributed by atoms with Gasteiger partial charge in [-0.3, -0.25) is 4.68 Å². The first-order valence-electron chi connectivity index (χ1n) is 6.07. The molecule has 1 aromatic carbocycles. The Hall–Kier alpha value is -2.01. The SMILES string of the molecule is COc1cc([C@@H](C)O)ccc1OCc1ccn(C)n1. The lowest BCUT2D eigenvalue weighted by atomic mass is 10.1. The number of hydrogen-bond donors (Lipinski definition) is 1. The van der Waals surface area contributed by atoms with Gasteiger partial charge < -0.3 is 14.6 Å². The van der Waals surface area contributed by atoms with Crippen LogP contribution in [0.2, 0.25) is 0 Å². The van der Waals surface area contributed by atoms with E-state index in [0.29, 0.717) is 18.1 Å². The average molecular weight is 262 g/mol. The molecule has 1 aromatic heterocycles. The number of aromatic nitrogens is 2. The molecule has 0 saturated carbocycles. The van der Waals surface area contributed by atoms with Crippen molar-refractivity contribution in [1.29, 1.82) is 0 Å². The molecule has 1 N–H and O–H groups in total. The minimum absolute atomic E-state index is 0.380. The Morgan fingerprint density at radius 2 is 2.11 bits per heavy atom. The van der Waals surface area contributed by atoms with Crippen LogP contribution in [-0.4, -0.2) is 22.0 Å².